The highest BCUT2D eigenvalue weighted by Crippen LogP contribution is 2.25. The molecule has 4 nitrogen and oxygen atoms in total. The van der Waals surface area contributed by atoms with E-state index in [1.165, 1.54) is 6.07 Å². The third kappa shape index (κ3) is 3.11. The van der Waals surface area contributed by atoms with Crippen LogP contribution >= 0.6 is 0 Å². The quantitative estimate of drug-likeness (QED) is 0.746. The predicted molar refractivity (Wildman–Crippen MR) is 65.0 cm³/mol. The largest absolute Gasteiger partial charge is 0.508 e. The second-order valence-corrected chi connectivity index (χ2v) is 4.56. The molecule has 0 spiro atoms. The molecule has 2 rings (SSSR count). The molecule has 0 bridgehead atoms. The van der Waals surface area contributed by atoms with Crippen molar-refractivity contribution in [2.75, 3.05) is 7.11 Å². The SMILES string of the molecule is COC1CCC(NCc2ccc(O)cc2O)C1. The number of phenols is 2. The zero-order valence-corrected chi connectivity index (χ0v) is 10.0. The summed E-state index contributed by atoms with van der Waals surface area (Å²) < 4.78 is 5.31. The van der Waals surface area contributed by atoms with Gasteiger partial charge in [0.25, 0.3) is 0 Å². The molecule has 0 aromatic heterocycles. The first-order chi connectivity index (χ1) is 8.19. The van der Waals surface area contributed by atoms with Crippen LogP contribution in [-0.2, 0) is 11.3 Å². The molecule has 1 aliphatic rings. The van der Waals surface area contributed by atoms with Gasteiger partial charge >= 0.3 is 0 Å². The Morgan fingerprint density at radius 1 is 1.35 bits per heavy atom. The highest BCUT2D eigenvalue weighted by Gasteiger charge is 2.23. The standard InChI is InChI=1S/C13H19NO3/c1-17-12-5-3-10(6-12)14-8-9-2-4-11(15)7-13(9)16/h2,4,7,10,12,14-16H,3,5-6,8H2,1H3. The first-order valence-corrected chi connectivity index (χ1v) is 5.96. The van der Waals surface area contributed by atoms with E-state index in [2.05, 4.69) is 5.32 Å². The van der Waals surface area contributed by atoms with E-state index in [1.807, 2.05) is 0 Å². The lowest BCUT2D eigenvalue weighted by Crippen LogP contribution is -2.26. The number of methoxy groups -OCH3 is 1. The van der Waals surface area contributed by atoms with Crippen molar-refractivity contribution >= 4 is 0 Å². The predicted octanol–water partition coefficient (Wildman–Crippen LogP) is 1.75. The Morgan fingerprint density at radius 3 is 2.82 bits per heavy atom. The van der Waals surface area contributed by atoms with Gasteiger partial charge in [0.2, 0.25) is 0 Å². The number of hydrogen-bond donors (Lipinski definition) is 3. The van der Waals surface area contributed by atoms with Crippen LogP contribution in [0.3, 0.4) is 0 Å². The molecule has 2 unspecified atom stereocenters. The van der Waals surface area contributed by atoms with Gasteiger partial charge in [0.15, 0.2) is 0 Å². The normalized spacial score (nSPS) is 24.1. The molecule has 94 valence electrons. The molecule has 1 aromatic carbocycles. The molecule has 1 aliphatic carbocycles. The number of hydrogen-bond acceptors (Lipinski definition) is 4. The Labute approximate surface area is 101 Å². The molecule has 1 fully saturated rings. The lowest BCUT2D eigenvalue weighted by Gasteiger charge is -2.13. The number of nitrogens with one attached hydrogen (secondary N) is 1. The van der Waals surface area contributed by atoms with E-state index in [1.54, 1.807) is 19.2 Å². The number of phenolic OH excluding ortho intramolecular Hbond substituents is 2. The van der Waals surface area contributed by atoms with Gasteiger partial charge in [-0.05, 0) is 25.3 Å². The fraction of sp³-hybridized carbons (Fsp3) is 0.538. The second kappa shape index (κ2) is 5.38. The molecule has 0 amide bonds. The average molecular weight is 237 g/mol. The van der Waals surface area contributed by atoms with Gasteiger partial charge in [-0.3, -0.25) is 0 Å². The fourth-order valence-corrected chi connectivity index (χ4v) is 2.30. The maximum absolute atomic E-state index is 9.64. The van der Waals surface area contributed by atoms with Crippen LogP contribution in [-0.4, -0.2) is 29.5 Å². The van der Waals surface area contributed by atoms with E-state index in [9.17, 15) is 10.2 Å². The summed E-state index contributed by atoms with van der Waals surface area (Å²) in [7, 11) is 1.75. The van der Waals surface area contributed by atoms with Crippen LogP contribution in [0, 0.1) is 0 Å². The van der Waals surface area contributed by atoms with Crippen LogP contribution in [0.25, 0.3) is 0 Å². The summed E-state index contributed by atoms with van der Waals surface area (Å²) in [5.41, 5.74) is 0.809. The maximum Gasteiger partial charge on any atom is 0.123 e. The minimum atomic E-state index is 0.0894. The molecule has 1 saturated carbocycles. The Hall–Kier alpha value is -1.26. The second-order valence-electron chi connectivity index (χ2n) is 4.56. The first-order valence-electron chi connectivity index (χ1n) is 5.96. The van der Waals surface area contributed by atoms with Crippen LogP contribution < -0.4 is 5.32 Å². The van der Waals surface area contributed by atoms with Gasteiger partial charge in [-0.15, -0.1) is 0 Å². The Balaban J connectivity index is 1.86. The van der Waals surface area contributed by atoms with Crippen molar-refractivity contribution < 1.29 is 14.9 Å². The smallest absolute Gasteiger partial charge is 0.123 e. The lowest BCUT2D eigenvalue weighted by atomic mass is 10.1. The Kier molecular flexibility index (Phi) is 3.86. The minimum Gasteiger partial charge on any atom is -0.508 e. The van der Waals surface area contributed by atoms with E-state index < -0.39 is 0 Å². The third-order valence-corrected chi connectivity index (χ3v) is 3.37. The van der Waals surface area contributed by atoms with Crippen molar-refractivity contribution in [1.82, 2.24) is 5.32 Å². The van der Waals surface area contributed by atoms with Crippen molar-refractivity contribution in [3.63, 3.8) is 0 Å². The zero-order chi connectivity index (χ0) is 12.3. The van der Waals surface area contributed by atoms with Crippen LogP contribution in [0.1, 0.15) is 24.8 Å². The van der Waals surface area contributed by atoms with Crippen LogP contribution in [0.5, 0.6) is 11.5 Å². The van der Waals surface area contributed by atoms with Gasteiger partial charge < -0.3 is 20.3 Å². The number of benzene rings is 1. The topological polar surface area (TPSA) is 61.7 Å². The lowest BCUT2D eigenvalue weighted by molar-refractivity contribution is 0.107. The average Bonchev–Trinajstić information content (AvgIpc) is 2.76. The van der Waals surface area contributed by atoms with Gasteiger partial charge in [0, 0.05) is 31.3 Å². The first kappa shape index (κ1) is 12.2. The monoisotopic (exact) mass is 237 g/mol. The van der Waals surface area contributed by atoms with Gasteiger partial charge in [-0.1, -0.05) is 6.07 Å². The molecule has 17 heavy (non-hydrogen) atoms. The molecule has 3 N–H and O–H groups in total. The van der Waals surface area contributed by atoms with E-state index in [4.69, 9.17) is 4.74 Å². The summed E-state index contributed by atoms with van der Waals surface area (Å²) in [6.45, 7) is 0.618. The maximum atomic E-state index is 9.64. The molecule has 2 atom stereocenters. The Bertz CT molecular complexity index is 381. The van der Waals surface area contributed by atoms with E-state index in [0.717, 1.165) is 24.8 Å². The summed E-state index contributed by atoms with van der Waals surface area (Å²) in [6, 6.07) is 5.14. The van der Waals surface area contributed by atoms with Crippen molar-refractivity contribution in [3.8, 4) is 11.5 Å². The minimum absolute atomic E-state index is 0.0894. The molecule has 4 heteroatoms. The highest BCUT2D eigenvalue weighted by atomic mass is 16.5. The number of aromatic hydroxyl groups is 2. The fourth-order valence-electron chi connectivity index (χ4n) is 2.30. The molecule has 0 saturated heterocycles. The van der Waals surface area contributed by atoms with Crippen LogP contribution in [0.15, 0.2) is 18.2 Å². The number of ether oxygens (including phenoxy) is 1. The molecule has 0 aliphatic heterocycles. The van der Waals surface area contributed by atoms with E-state index in [0.29, 0.717) is 18.7 Å². The summed E-state index contributed by atoms with van der Waals surface area (Å²) in [5.74, 6) is 0.227. The van der Waals surface area contributed by atoms with Crippen molar-refractivity contribution in [1.29, 1.82) is 0 Å². The van der Waals surface area contributed by atoms with Crippen LogP contribution in [0.4, 0.5) is 0 Å². The van der Waals surface area contributed by atoms with Gasteiger partial charge in [-0.25, -0.2) is 0 Å². The summed E-state index contributed by atoms with van der Waals surface area (Å²) >= 11 is 0. The molecular weight excluding hydrogens is 218 g/mol. The number of rotatable bonds is 4. The highest BCUT2D eigenvalue weighted by molar-refractivity contribution is 5.38. The van der Waals surface area contributed by atoms with Crippen molar-refractivity contribution in [2.24, 2.45) is 0 Å². The summed E-state index contributed by atoms with van der Waals surface area (Å²) in [4.78, 5) is 0. The third-order valence-electron chi connectivity index (χ3n) is 3.37. The molecule has 1 aromatic rings. The summed E-state index contributed by atoms with van der Waals surface area (Å²) in [6.07, 6.45) is 3.59. The van der Waals surface area contributed by atoms with Crippen LogP contribution in [0.2, 0.25) is 0 Å². The Morgan fingerprint density at radius 2 is 2.18 bits per heavy atom. The van der Waals surface area contributed by atoms with E-state index in [-0.39, 0.29) is 11.5 Å². The molecular formula is C13H19NO3. The van der Waals surface area contributed by atoms with Gasteiger partial charge in [0.05, 0.1) is 6.10 Å². The van der Waals surface area contributed by atoms with E-state index >= 15 is 0 Å². The van der Waals surface area contributed by atoms with Crippen molar-refractivity contribution in [3.05, 3.63) is 23.8 Å². The molecule has 0 radical (unpaired) electrons. The molecule has 0 heterocycles. The van der Waals surface area contributed by atoms with Gasteiger partial charge in [0.1, 0.15) is 11.5 Å². The zero-order valence-electron chi connectivity index (χ0n) is 10.0. The van der Waals surface area contributed by atoms with Gasteiger partial charge in [-0.2, -0.15) is 0 Å². The van der Waals surface area contributed by atoms with Crippen molar-refractivity contribution in [2.45, 2.75) is 38.0 Å². The summed E-state index contributed by atoms with van der Waals surface area (Å²) in [5, 5.41) is 22.2.